The van der Waals surface area contributed by atoms with Crippen molar-refractivity contribution in [2.45, 2.75) is 32.6 Å². The number of nitrogens with zero attached hydrogens (tertiary/aromatic N) is 2. The Labute approximate surface area is 230 Å². The molecule has 0 aromatic heterocycles. The number of aliphatic hydroxyl groups excluding tert-OH is 1. The van der Waals surface area contributed by atoms with Crippen LogP contribution < -0.4 is 10.1 Å². The summed E-state index contributed by atoms with van der Waals surface area (Å²) in [4.78, 5) is 30.2. The molecular weight excluding hydrogens is 494 g/mol. The molecule has 3 aromatic carbocycles. The second kappa shape index (κ2) is 12.8. The van der Waals surface area contributed by atoms with Crippen molar-refractivity contribution in [2.75, 3.05) is 39.2 Å². The molecular formula is C31H37N3O5. The average Bonchev–Trinajstić information content (AvgIpc) is 2.98. The van der Waals surface area contributed by atoms with E-state index in [4.69, 9.17) is 9.47 Å². The molecule has 8 heteroatoms. The maximum atomic E-state index is 13.9. The van der Waals surface area contributed by atoms with Gasteiger partial charge in [0, 0.05) is 37.3 Å². The first-order chi connectivity index (χ1) is 18.8. The van der Waals surface area contributed by atoms with Crippen molar-refractivity contribution in [2.24, 2.45) is 5.92 Å². The zero-order valence-corrected chi connectivity index (χ0v) is 23.0. The number of methoxy groups -OCH3 is 1. The number of hydrogen-bond donors (Lipinski definition) is 2. The van der Waals surface area contributed by atoms with Crippen molar-refractivity contribution >= 4 is 17.6 Å². The Morgan fingerprint density at radius 2 is 1.72 bits per heavy atom. The predicted molar refractivity (Wildman–Crippen MR) is 152 cm³/mol. The van der Waals surface area contributed by atoms with Gasteiger partial charge in [0.1, 0.15) is 5.75 Å². The SMILES string of the molecule is COc1ccc(NC(=O)N(C)C[C@H]2OCc3ccccc3-c3ccccc3C(=O)N([C@@H](C)CO)C[C@@H]2C)cc1. The Kier molecular flexibility index (Phi) is 9.22. The lowest BCUT2D eigenvalue weighted by Gasteiger charge is -2.35. The molecule has 0 unspecified atom stereocenters. The number of fused-ring (bicyclic) bond motifs is 3. The summed E-state index contributed by atoms with van der Waals surface area (Å²) < 4.78 is 11.7. The van der Waals surface area contributed by atoms with Crippen LogP contribution >= 0.6 is 0 Å². The van der Waals surface area contributed by atoms with Crippen molar-refractivity contribution in [1.82, 2.24) is 9.80 Å². The number of anilines is 1. The van der Waals surface area contributed by atoms with E-state index in [0.29, 0.717) is 36.7 Å². The fraction of sp³-hybridized carbons (Fsp3) is 0.355. The van der Waals surface area contributed by atoms with Crippen molar-refractivity contribution in [1.29, 1.82) is 0 Å². The van der Waals surface area contributed by atoms with E-state index in [0.717, 1.165) is 16.7 Å². The minimum Gasteiger partial charge on any atom is -0.497 e. The molecule has 0 saturated heterocycles. The van der Waals surface area contributed by atoms with E-state index in [-0.39, 0.29) is 36.6 Å². The number of aliphatic hydroxyl groups is 1. The molecule has 3 aromatic rings. The van der Waals surface area contributed by atoms with Crippen LogP contribution in [-0.4, -0.2) is 72.8 Å². The molecule has 1 heterocycles. The van der Waals surface area contributed by atoms with Gasteiger partial charge in [0.25, 0.3) is 5.91 Å². The van der Waals surface area contributed by atoms with Crippen LogP contribution in [0, 0.1) is 5.92 Å². The molecule has 2 N–H and O–H groups in total. The first-order valence-corrected chi connectivity index (χ1v) is 13.2. The van der Waals surface area contributed by atoms with Gasteiger partial charge in [-0.05, 0) is 53.9 Å². The smallest absolute Gasteiger partial charge is 0.321 e. The summed E-state index contributed by atoms with van der Waals surface area (Å²) in [5.41, 5.74) is 3.97. The molecule has 8 nitrogen and oxygen atoms in total. The number of rotatable bonds is 6. The van der Waals surface area contributed by atoms with Crippen molar-refractivity contribution in [3.63, 3.8) is 0 Å². The van der Waals surface area contributed by atoms with E-state index in [2.05, 4.69) is 5.32 Å². The van der Waals surface area contributed by atoms with Crippen LogP contribution in [-0.2, 0) is 11.3 Å². The highest BCUT2D eigenvalue weighted by Crippen LogP contribution is 2.31. The Morgan fingerprint density at radius 1 is 1.08 bits per heavy atom. The monoisotopic (exact) mass is 531 g/mol. The largest absolute Gasteiger partial charge is 0.497 e. The van der Waals surface area contributed by atoms with Gasteiger partial charge in [-0.15, -0.1) is 0 Å². The summed E-state index contributed by atoms with van der Waals surface area (Å²) in [6.45, 7) is 4.70. The van der Waals surface area contributed by atoms with E-state index in [1.807, 2.05) is 62.4 Å². The Hall–Kier alpha value is -3.88. The third kappa shape index (κ3) is 6.58. The molecule has 1 aliphatic heterocycles. The van der Waals surface area contributed by atoms with Gasteiger partial charge in [-0.1, -0.05) is 49.4 Å². The molecule has 0 aliphatic carbocycles. The Balaban J connectivity index is 1.62. The summed E-state index contributed by atoms with van der Waals surface area (Å²) in [6, 6.07) is 22.0. The molecule has 0 bridgehead atoms. The summed E-state index contributed by atoms with van der Waals surface area (Å²) in [6.07, 6.45) is -0.368. The zero-order chi connectivity index (χ0) is 27.9. The lowest BCUT2D eigenvalue weighted by atomic mass is 9.94. The number of nitrogens with one attached hydrogen (secondary N) is 1. The van der Waals surface area contributed by atoms with Crippen molar-refractivity contribution in [3.05, 3.63) is 83.9 Å². The number of hydrogen-bond acceptors (Lipinski definition) is 5. The van der Waals surface area contributed by atoms with Gasteiger partial charge in [0.15, 0.2) is 0 Å². The molecule has 0 radical (unpaired) electrons. The van der Waals surface area contributed by atoms with Gasteiger partial charge in [0.05, 0.1) is 32.5 Å². The highest BCUT2D eigenvalue weighted by Gasteiger charge is 2.31. The van der Waals surface area contributed by atoms with Gasteiger partial charge in [-0.3, -0.25) is 4.79 Å². The lowest BCUT2D eigenvalue weighted by Crippen LogP contribution is -2.48. The van der Waals surface area contributed by atoms with Crippen molar-refractivity contribution in [3.8, 4) is 16.9 Å². The summed E-state index contributed by atoms with van der Waals surface area (Å²) >= 11 is 0. The maximum Gasteiger partial charge on any atom is 0.321 e. The standard InChI is InChI=1S/C31H37N3O5/c1-21-17-34(22(2)19-35)30(36)28-12-8-7-11-27(28)26-10-6-5-9-23(26)20-39-29(21)18-33(3)31(37)32-24-13-15-25(38-4)16-14-24/h5-16,21-22,29,35H,17-20H2,1-4H3,(H,32,37)/t21-,22-,29+/m0/s1. The van der Waals surface area contributed by atoms with Crippen LogP contribution in [0.2, 0.25) is 0 Å². The van der Waals surface area contributed by atoms with E-state index < -0.39 is 0 Å². The fourth-order valence-electron chi connectivity index (χ4n) is 4.80. The third-order valence-corrected chi connectivity index (χ3v) is 7.24. The molecule has 4 rings (SSSR count). The van der Waals surface area contributed by atoms with Gasteiger partial charge in [-0.25, -0.2) is 4.79 Å². The van der Waals surface area contributed by atoms with Gasteiger partial charge < -0.3 is 29.7 Å². The minimum atomic E-state index is -0.388. The predicted octanol–water partition coefficient (Wildman–Crippen LogP) is 4.88. The maximum absolute atomic E-state index is 13.9. The second-order valence-electron chi connectivity index (χ2n) is 10.1. The number of likely N-dealkylation sites (N-methyl/N-ethyl adjacent to an activating group) is 1. The van der Waals surface area contributed by atoms with E-state index >= 15 is 0 Å². The summed E-state index contributed by atoms with van der Waals surface area (Å²) in [5, 5.41) is 12.9. The molecule has 3 amide bonds. The average molecular weight is 532 g/mol. The molecule has 3 atom stereocenters. The van der Waals surface area contributed by atoms with Crippen LogP contribution in [0.15, 0.2) is 72.8 Å². The van der Waals surface area contributed by atoms with Crippen LogP contribution in [0.1, 0.15) is 29.8 Å². The Bertz CT molecular complexity index is 1280. The third-order valence-electron chi connectivity index (χ3n) is 7.24. The van der Waals surface area contributed by atoms with E-state index in [1.165, 1.54) is 0 Å². The highest BCUT2D eigenvalue weighted by molar-refractivity contribution is 6.01. The van der Waals surface area contributed by atoms with Crippen LogP contribution in [0.4, 0.5) is 10.5 Å². The number of carbonyl (C=O) groups is 2. The molecule has 0 fully saturated rings. The van der Waals surface area contributed by atoms with Crippen LogP contribution in [0.5, 0.6) is 5.75 Å². The Morgan fingerprint density at radius 3 is 2.38 bits per heavy atom. The number of benzene rings is 3. The number of ether oxygens (including phenoxy) is 2. The number of carbonyl (C=O) groups excluding carboxylic acids is 2. The van der Waals surface area contributed by atoms with Gasteiger partial charge in [-0.2, -0.15) is 0 Å². The highest BCUT2D eigenvalue weighted by atomic mass is 16.5. The lowest BCUT2D eigenvalue weighted by molar-refractivity contribution is -0.0178. The minimum absolute atomic E-state index is 0.128. The summed E-state index contributed by atoms with van der Waals surface area (Å²) in [7, 11) is 3.32. The molecule has 39 heavy (non-hydrogen) atoms. The zero-order valence-electron chi connectivity index (χ0n) is 23.0. The van der Waals surface area contributed by atoms with E-state index in [1.54, 1.807) is 48.2 Å². The van der Waals surface area contributed by atoms with Crippen LogP contribution in [0.25, 0.3) is 11.1 Å². The quantitative estimate of drug-likeness (QED) is 0.473. The normalized spacial score (nSPS) is 18.3. The van der Waals surface area contributed by atoms with Gasteiger partial charge in [0.2, 0.25) is 0 Å². The van der Waals surface area contributed by atoms with Crippen LogP contribution in [0.3, 0.4) is 0 Å². The first-order valence-electron chi connectivity index (χ1n) is 13.2. The number of urea groups is 1. The van der Waals surface area contributed by atoms with Gasteiger partial charge >= 0.3 is 6.03 Å². The first kappa shape index (κ1) is 28.1. The number of amides is 3. The molecule has 0 spiro atoms. The molecule has 0 saturated carbocycles. The molecule has 206 valence electrons. The summed E-state index contributed by atoms with van der Waals surface area (Å²) in [5.74, 6) is 0.441. The fourth-order valence-corrected chi connectivity index (χ4v) is 4.80. The molecule has 1 aliphatic rings. The topological polar surface area (TPSA) is 91.3 Å². The van der Waals surface area contributed by atoms with Crippen molar-refractivity contribution < 1.29 is 24.2 Å². The second-order valence-corrected chi connectivity index (χ2v) is 10.1. The van der Waals surface area contributed by atoms with E-state index in [9.17, 15) is 14.7 Å².